The summed E-state index contributed by atoms with van der Waals surface area (Å²) in [6.07, 6.45) is 0. The minimum atomic E-state index is -3.76. The predicted octanol–water partition coefficient (Wildman–Crippen LogP) is 0.890. The van der Waals surface area contributed by atoms with E-state index in [4.69, 9.17) is 22.4 Å². The van der Waals surface area contributed by atoms with Crippen LogP contribution in [-0.2, 0) is 10.0 Å². The van der Waals surface area contributed by atoms with E-state index < -0.39 is 16.1 Å². The Labute approximate surface area is 106 Å². The molecule has 5 nitrogen and oxygen atoms in total. The van der Waals surface area contributed by atoms with Crippen molar-refractivity contribution in [2.45, 2.75) is 24.8 Å². The van der Waals surface area contributed by atoms with E-state index in [1.807, 2.05) is 0 Å². The molecule has 0 saturated carbocycles. The summed E-state index contributed by atoms with van der Waals surface area (Å²) in [5.41, 5.74) is 6.71. The zero-order chi connectivity index (χ0) is 13.2. The summed E-state index contributed by atoms with van der Waals surface area (Å²) >= 11 is 5.88. The Balaban J connectivity index is 3.20. The molecule has 0 aliphatic carbocycles. The van der Waals surface area contributed by atoms with E-state index in [2.05, 4.69) is 4.72 Å². The normalized spacial score (nSPS) is 13.6. The Kier molecular flexibility index (Phi) is 4.37. The van der Waals surface area contributed by atoms with Gasteiger partial charge < -0.3 is 10.8 Å². The Morgan fingerprint density at radius 3 is 2.65 bits per heavy atom. The van der Waals surface area contributed by atoms with Crippen molar-refractivity contribution < 1.29 is 13.5 Å². The van der Waals surface area contributed by atoms with E-state index >= 15 is 0 Å². The summed E-state index contributed by atoms with van der Waals surface area (Å²) in [6.45, 7) is 2.99. The number of halogens is 1. The second kappa shape index (κ2) is 5.22. The molecule has 0 fully saturated rings. The van der Waals surface area contributed by atoms with Crippen LogP contribution in [0.25, 0.3) is 0 Å². The molecule has 0 bridgehead atoms. The Morgan fingerprint density at radius 2 is 2.12 bits per heavy atom. The van der Waals surface area contributed by atoms with E-state index in [1.54, 1.807) is 13.8 Å². The van der Waals surface area contributed by atoms with Gasteiger partial charge in [0.15, 0.2) is 0 Å². The SMILES string of the molecule is Cc1cc(Cl)c(S(=O)(=O)N[C@H](C)CO)cc1N. The largest absolute Gasteiger partial charge is 0.398 e. The number of aliphatic hydroxyl groups excluding tert-OH is 1. The maximum absolute atomic E-state index is 11.9. The molecule has 1 aromatic carbocycles. The van der Waals surface area contributed by atoms with Gasteiger partial charge in [-0.3, -0.25) is 0 Å². The summed E-state index contributed by atoms with van der Waals surface area (Å²) in [7, 11) is -3.76. The highest BCUT2D eigenvalue weighted by atomic mass is 35.5. The molecule has 17 heavy (non-hydrogen) atoms. The van der Waals surface area contributed by atoms with Gasteiger partial charge in [-0.05, 0) is 31.5 Å². The van der Waals surface area contributed by atoms with E-state index in [0.29, 0.717) is 11.3 Å². The van der Waals surface area contributed by atoms with Gasteiger partial charge in [0.2, 0.25) is 10.0 Å². The van der Waals surface area contributed by atoms with Crippen LogP contribution in [0.2, 0.25) is 5.02 Å². The maximum Gasteiger partial charge on any atom is 0.242 e. The van der Waals surface area contributed by atoms with Crippen molar-refractivity contribution in [1.29, 1.82) is 0 Å². The molecule has 0 aliphatic rings. The molecule has 1 rings (SSSR count). The van der Waals surface area contributed by atoms with Crippen LogP contribution in [0.4, 0.5) is 5.69 Å². The Bertz CT molecular complexity index is 517. The second-order valence-corrected chi connectivity index (χ2v) is 5.93. The number of hydrogen-bond donors (Lipinski definition) is 3. The van der Waals surface area contributed by atoms with Gasteiger partial charge >= 0.3 is 0 Å². The van der Waals surface area contributed by atoms with Gasteiger partial charge in [-0.1, -0.05) is 11.6 Å². The first-order chi connectivity index (χ1) is 7.77. The van der Waals surface area contributed by atoms with Crippen molar-refractivity contribution in [3.8, 4) is 0 Å². The molecule has 1 aromatic rings. The molecule has 0 amide bonds. The number of rotatable bonds is 4. The molecule has 0 unspecified atom stereocenters. The molecular formula is C10H15ClN2O3S. The molecule has 96 valence electrons. The molecule has 0 radical (unpaired) electrons. The average Bonchev–Trinajstić information content (AvgIpc) is 2.22. The summed E-state index contributed by atoms with van der Waals surface area (Å²) < 4.78 is 26.1. The number of nitrogens with one attached hydrogen (secondary N) is 1. The van der Waals surface area contributed by atoms with Crippen molar-refractivity contribution in [3.63, 3.8) is 0 Å². The molecule has 4 N–H and O–H groups in total. The monoisotopic (exact) mass is 278 g/mol. The van der Waals surface area contributed by atoms with Crippen LogP contribution in [0, 0.1) is 6.92 Å². The van der Waals surface area contributed by atoms with Crippen molar-refractivity contribution >= 4 is 27.3 Å². The Morgan fingerprint density at radius 1 is 1.53 bits per heavy atom. The molecule has 1 atom stereocenters. The van der Waals surface area contributed by atoms with Gasteiger partial charge in [-0.25, -0.2) is 13.1 Å². The van der Waals surface area contributed by atoms with Crippen LogP contribution in [0.5, 0.6) is 0 Å². The van der Waals surface area contributed by atoms with Crippen molar-refractivity contribution in [1.82, 2.24) is 4.72 Å². The zero-order valence-corrected chi connectivity index (χ0v) is 11.1. The van der Waals surface area contributed by atoms with Gasteiger partial charge in [0.05, 0.1) is 11.6 Å². The fraction of sp³-hybridized carbons (Fsp3) is 0.400. The van der Waals surface area contributed by atoms with Crippen LogP contribution in [0.1, 0.15) is 12.5 Å². The number of nitrogen functional groups attached to an aromatic ring is 1. The van der Waals surface area contributed by atoms with Gasteiger partial charge in [-0.15, -0.1) is 0 Å². The van der Waals surface area contributed by atoms with E-state index in [9.17, 15) is 8.42 Å². The Hall–Kier alpha value is -0.820. The van der Waals surface area contributed by atoms with Crippen molar-refractivity contribution in [2.75, 3.05) is 12.3 Å². The number of sulfonamides is 1. The number of nitrogens with two attached hydrogens (primary N) is 1. The highest BCUT2D eigenvalue weighted by Crippen LogP contribution is 2.26. The van der Waals surface area contributed by atoms with Gasteiger partial charge in [0, 0.05) is 11.7 Å². The van der Waals surface area contributed by atoms with Crippen LogP contribution in [0.3, 0.4) is 0 Å². The smallest absolute Gasteiger partial charge is 0.242 e. The quantitative estimate of drug-likeness (QED) is 0.713. The molecule has 0 aromatic heterocycles. The predicted molar refractivity (Wildman–Crippen MR) is 67.5 cm³/mol. The number of aliphatic hydroxyl groups is 1. The standard InChI is InChI=1S/C10H15ClN2O3S/c1-6-3-8(11)10(4-9(6)12)17(15,16)13-7(2)5-14/h3-4,7,13-14H,5,12H2,1-2H3/t7-/m1/s1. The molecule has 0 heterocycles. The summed E-state index contributed by atoms with van der Waals surface area (Å²) in [5, 5.41) is 8.93. The molecule has 7 heteroatoms. The topological polar surface area (TPSA) is 92.4 Å². The number of benzene rings is 1. The number of aryl methyl sites for hydroxylation is 1. The summed E-state index contributed by atoms with van der Waals surface area (Å²) in [5.74, 6) is 0. The van der Waals surface area contributed by atoms with E-state index in [-0.39, 0.29) is 16.5 Å². The van der Waals surface area contributed by atoms with Crippen LogP contribution in [-0.4, -0.2) is 26.2 Å². The highest BCUT2D eigenvalue weighted by molar-refractivity contribution is 7.89. The first-order valence-electron chi connectivity index (χ1n) is 4.96. The maximum atomic E-state index is 11.9. The average molecular weight is 279 g/mol. The van der Waals surface area contributed by atoms with Crippen LogP contribution < -0.4 is 10.5 Å². The third kappa shape index (κ3) is 3.32. The molecular weight excluding hydrogens is 264 g/mol. The number of hydrogen-bond acceptors (Lipinski definition) is 4. The first kappa shape index (κ1) is 14.2. The van der Waals surface area contributed by atoms with Gasteiger partial charge in [-0.2, -0.15) is 0 Å². The van der Waals surface area contributed by atoms with Crippen molar-refractivity contribution in [3.05, 3.63) is 22.7 Å². The minimum absolute atomic E-state index is 0.0810. The number of anilines is 1. The summed E-state index contributed by atoms with van der Waals surface area (Å²) in [6, 6.07) is 2.22. The lowest BCUT2D eigenvalue weighted by atomic mass is 10.2. The van der Waals surface area contributed by atoms with E-state index in [0.717, 1.165) is 0 Å². The molecule has 0 saturated heterocycles. The van der Waals surface area contributed by atoms with Crippen LogP contribution in [0.15, 0.2) is 17.0 Å². The fourth-order valence-corrected chi connectivity index (χ4v) is 3.09. The van der Waals surface area contributed by atoms with Crippen LogP contribution >= 0.6 is 11.6 Å². The fourth-order valence-electron chi connectivity index (χ4n) is 1.24. The first-order valence-corrected chi connectivity index (χ1v) is 6.83. The summed E-state index contributed by atoms with van der Waals surface area (Å²) in [4.78, 5) is -0.0810. The third-order valence-electron chi connectivity index (χ3n) is 2.24. The third-order valence-corrected chi connectivity index (χ3v) is 4.29. The minimum Gasteiger partial charge on any atom is -0.398 e. The lowest BCUT2D eigenvalue weighted by molar-refractivity contribution is 0.265. The van der Waals surface area contributed by atoms with Gasteiger partial charge in [0.25, 0.3) is 0 Å². The second-order valence-electron chi connectivity index (χ2n) is 3.84. The highest BCUT2D eigenvalue weighted by Gasteiger charge is 2.21. The van der Waals surface area contributed by atoms with Gasteiger partial charge in [0.1, 0.15) is 4.90 Å². The lowest BCUT2D eigenvalue weighted by Crippen LogP contribution is -2.35. The van der Waals surface area contributed by atoms with E-state index in [1.165, 1.54) is 12.1 Å². The lowest BCUT2D eigenvalue weighted by Gasteiger charge is -2.13. The molecule has 0 aliphatic heterocycles. The van der Waals surface area contributed by atoms with Crippen molar-refractivity contribution in [2.24, 2.45) is 0 Å². The molecule has 0 spiro atoms. The zero-order valence-electron chi connectivity index (χ0n) is 9.57.